The highest BCUT2D eigenvalue weighted by molar-refractivity contribution is 5.85. The summed E-state index contributed by atoms with van der Waals surface area (Å²) in [6.45, 7) is -0.000558. The number of amides is 2. The highest BCUT2D eigenvalue weighted by atomic mass is 16.4. The highest BCUT2D eigenvalue weighted by Gasteiger charge is 2.51. The molecule has 0 spiro atoms. The fourth-order valence-electron chi connectivity index (χ4n) is 6.70. The van der Waals surface area contributed by atoms with Gasteiger partial charge in [0.05, 0.1) is 12.5 Å². The zero-order chi connectivity index (χ0) is 18.3. The molecule has 144 valence electrons. The molecule has 0 aromatic carbocycles. The third kappa shape index (κ3) is 3.74. The molecule has 0 saturated heterocycles. The van der Waals surface area contributed by atoms with Crippen molar-refractivity contribution < 1.29 is 19.5 Å². The second kappa shape index (κ2) is 6.86. The fraction of sp³-hybridized carbons (Fsp3) is 0.850. The summed E-state index contributed by atoms with van der Waals surface area (Å²) in [7, 11) is 0. The van der Waals surface area contributed by atoms with Crippen molar-refractivity contribution in [3.05, 3.63) is 0 Å². The van der Waals surface area contributed by atoms with E-state index in [4.69, 9.17) is 5.11 Å². The van der Waals surface area contributed by atoms with Crippen molar-refractivity contribution in [2.45, 2.75) is 70.3 Å². The summed E-state index contributed by atoms with van der Waals surface area (Å²) in [5.41, 5.74) is 0.190. The standard InChI is InChI=1S/C20H30N2O4/c23-17(10-20-7-12-3-13(8-20)5-14(4-12)9-20)21-11-18(24)22-16-2-1-15(6-16)19(25)26/h12-16H,1-11H2,(H,21,23)(H,22,24)(H,25,26)/t12?,13?,14?,15-,16+,20?/m1/s1. The van der Waals surface area contributed by atoms with Gasteiger partial charge in [-0.05, 0) is 81.0 Å². The number of hydrogen-bond donors (Lipinski definition) is 3. The molecule has 5 aliphatic carbocycles. The van der Waals surface area contributed by atoms with Crippen molar-refractivity contribution >= 4 is 17.8 Å². The van der Waals surface area contributed by atoms with Gasteiger partial charge in [0.25, 0.3) is 0 Å². The summed E-state index contributed by atoms with van der Waals surface area (Å²) >= 11 is 0. The molecule has 5 saturated carbocycles. The molecule has 0 aromatic heterocycles. The Hall–Kier alpha value is -1.59. The lowest BCUT2D eigenvalue weighted by Gasteiger charge is -2.56. The van der Waals surface area contributed by atoms with Crippen molar-refractivity contribution in [3.8, 4) is 0 Å². The molecular weight excluding hydrogens is 332 g/mol. The summed E-state index contributed by atoms with van der Waals surface area (Å²) in [6.07, 6.45) is 10.0. The van der Waals surface area contributed by atoms with Crippen molar-refractivity contribution in [2.75, 3.05) is 6.54 Å². The lowest BCUT2D eigenvalue weighted by Crippen LogP contribution is -2.48. The molecule has 0 unspecified atom stereocenters. The van der Waals surface area contributed by atoms with Crippen LogP contribution in [-0.4, -0.2) is 35.5 Å². The van der Waals surface area contributed by atoms with Crippen molar-refractivity contribution in [3.63, 3.8) is 0 Å². The van der Waals surface area contributed by atoms with Crippen LogP contribution in [0.3, 0.4) is 0 Å². The molecule has 2 amide bonds. The van der Waals surface area contributed by atoms with Crippen molar-refractivity contribution in [2.24, 2.45) is 29.1 Å². The molecule has 26 heavy (non-hydrogen) atoms. The molecule has 2 atom stereocenters. The fourth-order valence-corrected chi connectivity index (χ4v) is 6.70. The van der Waals surface area contributed by atoms with Gasteiger partial charge in [0.1, 0.15) is 0 Å². The second-order valence-corrected chi connectivity index (χ2v) is 9.48. The predicted octanol–water partition coefficient (Wildman–Crippen LogP) is 2.08. The van der Waals surface area contributed by atoms with Crippen LogP contribution in [0.1, 0.15) is 64.2 Å². The average Bonchev–Trinajstić information content (AvgIpc) is 3.00. The Balaban J connectivity index is 1.21. The third-order valence-electron chi connectivity index (χ3n) is 7.29. The van der Waals surface area contributed by atoms with E-state index < -0.39 is 5.97 Å². The molecule has 4 bridgehead atoms. The normalized spacial score (nSPS) is 40.4. The molecule has 0 aromatic rings. The maximum absolute atomic E-state index is 12.4. The molecule has 6 heteroatoms. The number of rotatable bonds is 6. The molecule has 0 heterocycles. The zero-order valence-corrected chi connectivity index (χ0v) is 15.3. The van der Waals surface area contributed by atoms with E-state index in [2.05, 4.69) is 10.6 Å². The first kappa shape index (κ1) is 17.8. The van der Waals surface area contributed by atoms with Gasteiger partial charge in [-0.15, -0.1) is 0 Å². The minimum atomic E-state index is -0.786. The topological polar surface area (TPSA) is 95.5 Å². The first-order chi connectivity index (χ1) is 12.4. The summed E-state index contributed by atoms with van der Waals surface area (Å²) in [6, 6.07) is -0.0799. The van der Waals surface area contributed by atoms with Gasteiger partial charge < -0.3 is 15.7 Å². The summed E-state index contributed by atoms with van der Waals surface area (Å²) in [5.74, 6) is 1.11. The lowest BCUT2D eigenvalue weighted by molar-refractivity contribution is -0.141. The number of hydrogen-bond acceptors (Lipinski definition) is 3. The number of carboxylic acid groups (broad SMARTS) is 1. The van der Waals surface area contributed by atoms with Crippen LogP contribution in [0.4, 0.5) is 0 Å². The minimum absolute atomic E-state index is 0.000558. The zero-order valence-electron chi connectivity index (χ0n) is 15.3. The Morgan fingerprint density at radius 2 is 1.50 bits per heavy atom. The van der Waals surface area contributed by atoms with Gasteiger partial charge in [-0.1, -0.05) is 0 Å². The van der Waals surface area contributed by atoms with E-state index in [-0.39, 0.29) is 35.7 Å². The van der Waals surface area contributed by atoms with Crippen LogP contribution >= 0.6 is 0 Å². The first-order valence-electron chi connectivity index (χ1n) is 10.2. The van der Waals surface area contributed by atoms with Gasteiger partial charge in [0.15, 0.2) is 0 Å². The molecule has 5 rings (SSSR count). The van der Waals surface area contributed by atoms with Gasteiger partial charge in [0, 0.05) is 12.5 Å². The van der Waals surface area contributed by atoms with Crippen LogP contribution in [0.15, 0.2) is 0 Å². The highest BCUT2D eigenvalue weighted by Crippen LogP contribution is 2.61. The largest absolute Gasteiger partial charge is 0.481 e. The van der Waals surface area contributed by atoms with E-state index in [1.807, 2.05) is 0 Å². The van der Waals surface area contributed by atoms with Crippen LogP contribution in [0.25, 0.3) is 0 Å². The van der Waals surface area contributed by atoms with Gasteiger partial charge in [-0.3, -0.25) is 14.4 Å². The summed E-state index contributed by atoms with van der Waals surface area (Å²) in [5, 5.41) is 14.7. The van der Waals surface area contributed by atoms with Crippen LogP contribution in [-0.2, 0) is 14.4 Å². The summed E-state index contributed by atoms with van der Waals surface area (Å²) < 4.78 is 0. The molecule has 0 aliphatic heterocycles. The number of nitrogens with one attached hydrogen (secondary N) is 2. The van der Waals surface area contributed by atoms with Crippen molar-refractivity contribution in [1.29, 1.82) is 0 Å². The molecule has 6 nitrogen and oxygen atoms in total. The molecule has 3 N–H and O–H groups in total. The number of aliphatic carboxylic acids is 1. The number of carboxylic acids is 1. The van der Waals surface area contributed by atoms with Crippen LogP contribution in [0.2, 0.25) is 0 Å². The smallest absolute Gasteiger partial charge is 0.306 e. The Kier molecular flexibility index (Phi) is 4.70. The monoisotopic (exact) mass is 362 g/mol. The Labute approximate surface area is 154 Å². The molecule has 0 radical (unpaired) electrons. The SMILES string of the molecule is O=C(CC12CC3CC(CC(C3)C1)C2)NCC(=O)N[C@H]1CC[C@@H](C(=O)O)C1. The van der Waals surface area contributed by atoms with Gasteiger partial charge in [-0.25, -0.2) is 0 Å². The Morgan fingerprint density at radius 3 is 2.04 bits per heavy atom. The molecule has 5 fully saturated rings. The van der Waals surface area contributed by atoms with Crippen LogP contribution in [0.5, 0.6) is 0 Å². The van der Waals surface area contributed by atoms with E-state index >= 15 is 0 Å². The van der Waals surface area contributed by atoms with E-state index in [0.29, 0.717) is 25.7 Å². The Morgan fingerprint density at radius 1 is 0.885 bits per heavy atom. The van der Waals surface area contributed by atoms with E-state index in [9.17, 15) is 14.4 Å². The predicted molar refractivity (Wildman–Crippen MR) is 95.1 cm³/mol. The van der Waals surface area contributed by atoms with Gasteiger partial charge >= 0.3 is 5.97 Å². The van der Waals surface area contributed by atoms with Crippen molar-refractivity contribution in [1.82, 2.24) is 10.6 Å². The van der Waals surface area contributed by atoms with Gasteiger partial charge in [0.2, 0.25) is 11.8 Å². The minimum Gasteiger partial charge on any atom is -0.481 e. The van der Waals surface area contributed by atoms with Crippen LogP contribution < -0.4 is 10.6 Å². The number of carbonyl (C=O) groups is 3. The number of carbonyl (C=O) groups excluding carboxylic acids is 2. The molecule has 5 aliphatic rings. The summed E-state index contributed by atoms with van der Waals surface area (Å²) in [4.78, 5) is 35.5. The molecular formula is C20H30N2O4. The average molecular weight is 362 g/mol. The van der Waals surface area contributed by atoms with Crippen LogP contribution in [0, 0.1) is 29.1 Å². The maximum Gasteiger partial charge on any atom is 0.306 e. The first-order valence-corrected chi connectivity index (χ1v) is 10.2. The van der Waals surface area contributed by atoms with E-state index in [1.165, 1.54) is 38.5 Å². The van der Waals surface area contributed by atoms with E-state index in [0.717, 1.165) is 17.8 Å². The van der Waals surface area contributed by atoms with E-state index in [1.54, 1.807) is 0 Å². The maximum atomic E-state index is 12.4. The lowest BCUT2D eigenvalue weighted by atomic mass is 9.49. The quantitative estimate of drug-likeness (QED) is 0.674. The van der Waals surface area contributed by atoms with Gasteiger partial charge in [-0.2, -0.15) is 0 Å². The Bertz CT molecular complexity index is 567. The second-order valence-electron chi connectivity index (χ2n) is 9.48. The third-order valence-corrected chi connectivity index (χ3v) is 7.29.